The smallest absolute Gasteiger partial charge is 0.164 e. The zero-order chi connectivity index (χ0) is 20.7. The van der Waals surface area contributed by atoms with Crippen LogP contribution in [0.15, 0.2) is 30.3 Å². The molecule has 6 heteroatoms. The third-order valence-corrected chi connectivity index (χ3v) is 6.41. The molecule has 1 fully saturated rings. The molecule has 2 aromatic carbocycles. The molecule has 0 unspecified atom stereocenters. The first kappa shape index (κ1) is 20.0. The number of Topliss-reactive ketones (excluding diaryl/α,β-unsaturated/α-hetero) is 1. The molecule has 4 rings (SSSR count). The van der Waals surface area contributed by atoms with E-state index in [1.165, 1.54) is 0 Å². The van der Waals surface area contributed by atoms with Crippen LogP contribution in [0.2, 0.25) is 10.0 Å². The molecule has 1 aromatic heterocycles. The molecule has 148 valence electrons. The lowest BCUT2D eigenvalue weighted by molar-refractivity contribution is -0.0321. The Kier molecular flexibility index (Phi) is 5.40. The number of benzene rings is 2. The van der Waals surface area contributed by atoms with Crippen LogP contribution in [0.25, 0.3) is 10.9 Å². The van der Waals surface area contributed by atoms with Gasteiger partial charge >= 0.3 is 0 Å². The van der Waals surface area contributed by atoms with Gasteiger partial charge in [-0.1, -0.05) is 23.2 Å². The Morgan fingerprint density at radius 1 is 1.28 bits per heavy atom. The van der Waals surface area contributed by atoms with E-state index in [1.54, 1.807) is 12.1 Å². The van der Waals surface area contributed by atoms with Crippen molar-refractivity contribution in [1.82, 2.24) is 4.57 Å². The molecule has 0 spiro atoms. The molecule has 0 atom stereocenters. The summed E-state index contributed by atoms with van der Waals surface area (Å²) in [4.78, 5) is 12.7. The van der Waals surface area contributed by atoms with Gasteiger partial charge in [-0.2, -0.15) is 5.26 Å². The Labute approximate surface area is 179 Å². The summed E-state index contributed by atoms with van der Waals surface area (Å²) >= 11 is 13.1. The van der Waals surface area contributed by atoms with E-state index in [9.17, 15) is 10.1 Å². The summed E-state index contributed by atoms with van der Waals surface area (Å²) in [6, 6.07) is 11.5. The Balaban J connectivity index is 1.71. The Bertz CT molecular complexity index is 1170. The molecule has 0 radical (unpaired) electrons. The molecular weight excluding hydrogens is 407 g/mol. The molecule has 0 saturated carbocycles. The van der Waals surface area contributed by atoms with Gasteiger partial charge < -0.3 is 9.30 Å². The average Bonchev–Trinajstić information content (AvgIpc) is 2.98. The molecule has 29 heavy (non-hydrogen) atoms. The molecule has 3 aromatic rings. The number of ether oxygens (including phenoxy) is 1. The van der Waals surface area contributed by atoms with Crippen LogP contribution in [0.3, 0.4) is 0 Å². The summed E-state index contributed by atoms with van der Waals surface area (Å²) in [5.74, 6) is 0.293. The second kappa shape index (κ2) is 7.84. The van der Waals surface area contributed by atoms with E-state index in [0.29, 0.717) is 47.2 Å². The number of aromatic nitrogens is 1. The molecule has 0 bridgehead atoms. The van der Waals surface area contributed by atoms with Crippen LogP contribution in [0.5, 0.6) is 0 Å². The van der Waals surface area contributed by atoms with Crippen LogP contribution in [0.1, 0.15) is 39.2 Å². The maximum absolute atomic E-state index is 12.7. The molecule has 0 N–H and O–H groups in total. The van der Waals surface area contributed by atoms with Gasteiger partial charge in [-0.3, -0.25) is 4.79 Å². The monoisotopic (exact) mass is 426 g/mol. The molecular formula is C23H20Cl2N2O2. The molecule has 2 heterocycles. The standard InChI is InChI=1S/C23H20Cl2N2O2/c1-13-5-14(10-26)6-21-18(13)8-16(27(21)2)9-19-20(24)4-3-17(23(19)25)22(28)7-15-11-29-12-15/h3-6,8,15H,7,9,11-12H2,1-2H3. The molecule has 0 aliphatic carbocycles. The largest absolute Gasteiger partial charge is 0.381 e. The van der Waals surface area contributed by atoms with Gasteiger partial charge in [0.2, 0.25) is 0 Å². The van der Waals surface area contributed by atoms with Crippen LogP contribution in [-0.2, 0) is 18.2 Å². The highest BCUT2D eigenvalue weighted by atomic mass is 35.5. The topological polar surface area (TPSA) is 55.0 Å². The minimum absolute atomic E-state index is 0.0211. The summed E-state index contributed by atoms with van der Waals surface area (Å²) in [6.45, 7) is 3.25. The van der Waals surface area contributed by atoms with E-state index in [1.807, 2.05) is 26.1 Å². The number of fused-ring (bicyclic) bond motifs is 1. The average molecular weight is 427 g/mol. The van der Waals surface area contributed by atoms with E-state index in [0.717, 1.165) is 27.7 Å². The maximum Gasteiger partial charge on any atom is 0.164 e. The highest BCUT2D eigenvalue weighted by Crippen LogP contribution is 2.34. The van der Waals surface area contributed by atoms with Crippen molar-refractivity contribution in [3.05, 3.63) is 68.3 Å². The maximum atomic E-state index is 12.7. The van der Waals surface area contributed by atoms with Crippen LogP contribution < -0.4 is 0 Å². The molecule has 0 amide bonds. The Hall–Kier alpha value is -2.32. The van der Waals surface area contributed by atoms with Crippen molar-refractivity contribution in [3.8, 4) is 6.07 Å². The fourth-order valence-corrected chi connectivity index (χ4v) is 4.44. The number of rotatable bonds is 5. The minimum atomic E-state index is 0.0211. The summed E-state index contributed by atoms with van der Waals surface area (Å²) in [7, 11) is 1.96. The fraction of sp³-hybridized carbons (Fsp3) is 0.304. The molecule has 1 aliphatic heterocycles. The Morgan fingerprint density at radius 3 is 2.69 bits per heavy atom. The van der Waals surface area contributed by atoms with Crippen molar-refractivity contribution in [2.75, 3.05) is 13.2 Å². The number of nitriles is 1. The van der Waals surface area contributed by atoms with Gasteiger partial charge in [-0.25, -0.2) is 0 Å². The number of nitrogens with zero attached hydrogens (tertiary/aromatic N) is 2. The van der Waals surface area contributed by atoms with E-state index in [2.05, 4.69) is 16.7 Å². The number of aryl methyl sites for hydroxylation is 2. The summed E-state index contributed by atoms with van der Waals surface area (Å²) in [5, 5.41) is 11.3. The van der Waals surface area contributed by atoms with Crippen molar-refractivity contribution in [3.63, 3.8) is 0 Å². The van der Waals surface area contributed by atoms with Gasteiger partial charge in [0.15, 0.2) is 5.78 Å². The molecule has 1 saturated heterocycles. The van der Waals surface area contributed by atoms with Gasteiger partial charge in [0, 0.05) is 53.0 Å². The van der Waals surface area contributed by atoms with E-state index in [4.69, 9.17) is 27.9 Å². The second-order valence-corrected chi connectivity index (χ2v) is 8.41. The van der Waals surface area contributed by atoms with Crippen molar-refractivity contribution >= 4 is 39.9 Å². The van der Waals surface area contributed by atoms with Crippen LogP contribution in [0.4, 0.5) is 0 Å². The zero-order valence-corrected chi connectivity index (χ0v) is 17.8. The highest BCUT2D eigenvalue weighted by molar-refractivity contribution is 6.38. The predicted molar refractivity (Wildman–Crippen MR) is 115 cm³/mol. The summed E-state index contributed by atoms with van der Waals surface area (Å²) in [5.41, 5.74) is 4.93. The van der Waals surface area contributed by atoms with Crippen LogP contribution in [0, 0.1) is 24.2 Å². The minimum Gasteiger partial charge on any atom is -0.381 e. The lowest BCUT2D eigenvalue weighted by Gasteiger charge is -2.25. The normalized spacial score (nSPS) is 14.0. The van der Waals surface area contributed by atoms with Crippen molar-refractivity contribution in [2.24, 2.45) is 13.0 Å². The van der Waals surface area contributed by atoms with E-state index >= 15 is 0 Å². The third kappa shape index (κ3) is 3.67. The third-order valence-electron chi connectivity index (χ3n) is 5.62. The number of hydrogen-bond acceptors (Lipinski definition) is 3. The van der Waals surface area contributed by atoms with Crippen molar-refractivity contribution in [1.29, 1.82) is 5.26 Å². The first-order valence-corrected chi connectivity index (χ1v) is 10.2. The molecule has 1 aliphatic rings. The van der Waals surface area contributed by atoms with Crippen molar-refractivity contribution in [2.45, 2.75) is 19.8 Å². The lowest BCUT2D eigenvalue weighted by atomic mass is 9.95. The zero-order valence-electron chi connectivity index (χ0n) is 16.3. The lowest BCUT2D eigenvalue weighted by Crippen LogP contribution is -2.29. The quantitative estimate of drug-likeness (QED) is 0.507. The van der Waals surface area contributed by atoms with Crippen LogP contribution in [-0.4, -0.2) is 23.6 Å². The SMILES string of the molecule is Cc1cc(C#N)cc2c1cc(Cc1c(Cl)ccc(C(=O)CC3COC3)c1Cl)n2C. The van der Waals surface area contributed by atoms with E-state index < -0.39 is 0 Å². The van der Waals surface area contributed by atoms with Gasteiger partial charge in [0.25, 0.3) is 0 Å². The second-order valence-electron chi connectivity index (χ2n) is 7.63. The van der Waals surface area contributed by atoms with Gasteiger partial charge in [0.05, 0.1) is 29.9 Å². The van der Waals surface area contributed by atoms with Crippen LogP contribution >= 0.6 is 23.2 Å². The first-order chi connectivity index (χ1) is 13.9. The summed E-state index contributed by atoms with van der Waals surface area (Å²) in [6.07, 6.45) is 0.933. The van der Waals surface area contributed by atoms with Gasteiger partial charge in [-0.15, -0.1) is 0 Å². The van der Waals surface area contributed by atoms with Crippen molar-refractivity contribution < 1.29 is 9.53 Å². The number of ketones is 1. The first-order valence-electron chi connectivity index (χ1n) is 9.46. The Morgan fingerprint density at radius 2 is 2.03 bits per heavy atom. The van der Waals surface area contributed by atoms with Gasteiger partial charge in [-0.05, 0) is 48.4 Å². The summed E-state index contributed by atoms with van der Waals surface area (Å²) < 4.78 is 7.21. The highest BCUT2D eigenvalue weighted by Gasteiger charge is 2.25. The van der Waals surface area contributed by atoms with Gasteiger partial charge in [0.1, 0.15) is 0 Å². The number of hydrogen-bond donors (Lipinski definition) is 0. The molecule has 4 nitrogen and oxygen atoms in total. The predicted octanol–water partition coefficient (Wildman–Crippen LogP) is 5.48. The number of halogens is 2. The number of carbonyl (C=O) groups is 1. The fourth-order valence-electron chi connectivity index (χ4n) is 3.83. The number of carbonyl (C=O) groups excluding carboxylic acids is 1. The van der Waals surface area contributed by atoms with E-state index in [-0.39, 0.29) is 11.7 Å².